The van der Waals surface area contributed by atoms with E-state index in [0.29, 0.717) is 12.1 Å². The van der Waals surface area contributed by atoms with Gasteiger partial charge in [0, 0.05) is 19.5 Å². The quantitative estimate of drug-likeness (QED) is 0.858. The van der Waals surface area contributed by atoms with Gasteiger partial charge in [-0.05, 0) is 43.4 Å². The number of nitrogens with one attached hydrogen (secondary N) is 1. The highest BCUT2D eigenvalue weighted by molar-refractivity contribution is 7.91. The molecule has 2 saturated heterocycles. The number of alkyl halides is 3. The van der Waals surface area contributed by atoms with Crippen molar-refractivity contribution in [2.24, 2.45) is 5.92 Å². The summed E-state index contributed by atoms with van der Waals surface area (Å²) in [6, 6.07) is 3.37. The van der Waals surface area contributed by atoms with Crippen LogP contribution in [0.4, 0.5) is 24.5 Å². The van der Waals surface area contributed by atoms with Crippen LogP contribution in [0.15, 0.2) is 18.2 Å². The van der Waals surface area contributed by atoms with Gasteiger partial charge in [-0.25, -0.2) is 8.42 Å². The maximum atomic E-state index is 13.0. The topological polar surface area (TPSA) is 66.5 Å². The zero-order chi connectivity index (χ0) is 18.9. The van der Waals surface area contributed by atoms with Crippen molar-refractivity contribution in [3.05, 3.63) is 23.8 Å². The summed E-state index contributed by atoms with van der Waals surface area (Å²) in [6.45, 7) is 1.46. The zero-order valence-electron chi connectivity index (χ0n) is 14.2. The van der Waals surface area contributed by atoms with E-state index in [1.54, 1.807) is 0 Å². The van der Waals surface area contributed by atoms with E-state index in [4.69, 9.17) is 0 Å². The molecule has 0 spiro atoms. The van der Waals surface area contributed by atoms with Gasteiger partial charge in [-0.1, -0.05) is 0 Å². The first-order chi connectivity index (χ1) is 12.1. The zero-order valence-corrected chi connectivity index (χ0v) is 15.0. The standard InChI is InChI=1S/C17H21F3N2O3S/c18-17(19,20)13-3-4-15(22-6-1-2-7-22)14(10-13)21-16(23)9-12-5-8-26(24,25)11-12/h3-4,10,12H,1-2,5-9,11H2,(H,21,23). The summed E-state index contributed by atoms with van der Waals surface area (Å²) < 4.78 is 62.1. The van der Waals surface area contributed by atoms with Gasteiger partial charge in [0.25, 0.3) is 0 Å². The Labute approximate surface area is 150 Å². The lowest BCUT2D eigenvalue weighted by Crippen LogP contribution is -2.23. The molecule has 1 amide bonds. The van der Waals surface area contributed by atoms with Gasteiger partial charge in [-0.15, -0.1) is 0 Å². The summed E-state index contributed by atoms with van der Waals surface area (Å²) >= 11 is 0. The highest BCUT2D eigenvalue weighted by atomic mass is 32.2. The molecule has 2 aliphatic rings. The monoisotopic (exact) mass is 390 g/mol. The third-order valence-corrected chi connectivity index (χ3v) is 6.68. The molecule has 0 bridgehead atoms. The average Bonchev–Trinajstić information content (AvgIpc) is 3.16. The number of anilines is 2. The molecule has 9 heteroatoms. The molecule has 0 saturated carbocycles. The first kappa shape index (κ1) is 19.0. The fraction of sp³-hybridized carbons (Fsp3) is 0.588. The van der Waals surface area contributed by atoms with Gasteiger partial charge in [-0.3, -0.25) is 4.79 Å². The van der Waals surface area contributed by atoms with E-state index in [9.17, 15) is 26.4 Å². The van der Waals surface area contributed by atoms with Gasteiger partial charge < -0.3 is 10.2 Å². The Balaban J connectivity index is 1.78. The molecule has 0 aliphatic carbocycles. The van der Waals surface area contributed by atoms with Gasteiger partial charge in [0.2, 0.25) is 5.91 Å². The second-order valence-electron chi connectivity index (χ2n) is 6.95. The molecule has 2 heterocycles. The minimum absolute atomic E-state index is 0.00504. The van der Waals surface area contributed by atoms with Crippen molar-refractivity contribution in [1.82, 2.24) is 0 Å². The van der Waals surface area contributed by atoms with E-state index in [0.717, 1.165) is 38.1 Å². The molecule has 144 valence electrons. The van der Waals surface area contributed by atoms with Crippen molar-refractivity contribution in [2.75, 3.05) is 34.8 Å². The van der Waals surface area contributed by atoms with Crippen molar-refractivity contribution in [3.63, 3.8) is 0 Å². The van der Waals surface area contributed by atoms with Gasteiger partial charge in [-0.2, -0.15) is 13.2 Å². The molecular formula is C17H21F3N2O3S. The maximum absolute atomic E-state index is 13.0. The summed E-state index contributed by atoms with van der Waals surface area (Å²) in [5.41, 5.74) is -0.116. The fourth-order valence-corrected chi connectivity index (χ4v) is 5.40. The Hall–Kier alpha value is -1.77. The second kappa shape index (κ2) is 7.09. The number of benzene rings is 1. The smallest absolute Gasteiger partial charge is 0.370 e. The maximum Gasteiger partial charge on any atom is 0.416 e. The number of rotatable bonds is 4. The van der Waals surface area contributed by atoms with Crippen LogP contribution in [0.25, 0.3) is 0 Å². The number of hydrogen-bond acceptors (Lipinski definition) is 4. The van der Waals surface area contributed by atoms with Gasteiger partial charge in [0.05, 0.1) is 28.4 Å². The summed E-state index contributed by atoms with van der Waals surface area (Å²) in [5, 5.41) is 2.58. The van der Waals surface area contributed by atoms with Crippen LogP contribution >= 0.6 is 0 Å². The molecule has 1 atom stereocenters. The van der Waals surface area contributed by atoms with Gasteiger partial charge in [0.15, 0.2) is 9.84 Å². The lowest BCUT2D eigenvalue weighted by Gasteiger charge is -2.23. The molecule has 0 radical (unpaired) electrons. The minimum atomic E-state index is -4.50. The Bertz CT molecular complexity index is 787. The van der Waals surface area contributed by atoms with E-state index in [2.05, 4.69) is 5.32 Å². The van der Waals surface area contributed by atoms with Crippen molar-refractivity contribution >= 4 is 27.1 Å². The first-order valence-electron chi connectivity index (χ1n) is 8.60. The van der Waals surface area contributed by atoms with E-state index in [1.807, 2.05) is 4.90 Å². The average molecular weight is 390 g/mol. The molecule has 1 aromatic rings. The van der Waals surface area contributed by atoms with Gasteiger partial charge >= 0.3 is 6.18 Å². The molecule has 2 fully saturated rings. The summed E-state index contributed by atoms with van der Waals surface area (Å²) in [4.78, 5) is 14.3. The van der Waals surface area contributed by atoms with E-state index in [-0.39, 0.29) is 29.5 Å². The van der Waals surface area contributed by atoms with Gasteiger partial charge in [0.1, 0.15) is 0 Å². The first-order valence-corrected chi connectivity index (χ1v) is 10.4. The van der Waals surface area contributed by atoms with Crippen LogP contribution in [0, 0.1) is 5.92 Å². The van der Waals surface area contributed by atoms with Crippen molar-refractivity contribution in [2.45, 2.75) is 31.9 Å². The number of halogens is 3. The second-order valence-corrected chi connectivity index (χ2v) is 9.17. The number of carbonyl (C=O) groups excluding carboxylic acids is 1. The van der Waals surface area contributed by atoms with Crippen LogP contribution in [-0.4, -0.2) is 38.9 Å². The highest BCUT2D eigenvalue weighted by Crippen LogP contribution is 2.36. The van der Waals surface area contributed by atoms with E-state index >= 15 is 0 Å². The number of carbonyl (C=O) groups is 1. The summed E-state index contributed by atoms with van der Waals surface area (Å²) in [5.74, 6) is -0.705. The molecule has 1 unspecified atom stereocenters. The van der Waals surface area contributed by atoms with E-state index < -0.39 is 27.5 Å². The molecule has 2 aliphatic heterocycles. The number of amides is 1. The summed E-state index contributed by atoms with van der Waals surface area (Å²) in [7, 11) is -3.10. The lowest BCUT2D eigenvalue weighted by molar-refractivity contribution is -0.137. The van der Waals surface area contributed by atoms with Crippen molar-refractivity contribution in [1.29, 1.82) is 0 Å². The Morgan fingerprint density at radius 3 is 2.50 bits per heavy atom. The molecule has 26 heavy (non-hydrogen) atoms. The normalized spacial score (nSPS) is 22.6. The molecule has 1 aromatic carbocycles. The van der Waals surface area contributed by atoms with Crippen LogP contribution in [-0.2, 0) is 20.8 Å². The Morgan fingerprint density at radius 2 is 1.92 bits per heavy atom. The lowest BCUT2D eigenvalue weighted by atomic mass is 10.0. The molecule has 1 N–H and O–H groups in total. The van der Waals surface area contributed by atoms with Crippen LogP contribution in [0.5, 0.6) is 0 Å². The fourth-order valence-electron chi connectivity index (χ4n) is 3.54. The Kier molecular flexibility index (Phi) is 5.18. The van der Waals surface area contributed by atoms with Crippen LogP contribution in [0.2, 0.25) is 0 Å². The molecular weight excluding hydrogens is 369 g/mol. The summed E-state index contributed by atoms with van der Waals surface area (Å²) in [6.07, 6.45) is -2.18. The molecule has 3 rings (SSSR count). The number of hydrogen-bond donors (Lipinski definition) is 1. The Morgan fingerprint density at radius 1 is 1.23 bits per heavy atom. The molecule has 5 nitrogen and oxygen atoms in total. The van der Waals surface area contributed by atoms with Crippen LogP contribution < -0.4 is 10.2 Å². The number of sulfone groups is 1. The minimum Gasteiger partial charge on any atom is -0.370 e. The third kappa shape index (κ3) is 4.49. The SMILES string of the molecule is O=C(CC1CCS(=O)(=O)C1)Nc1cc(C(F)(F)F)ccc1N1CCCC1. The predicted octanol–water partition coefficient (Wildman–Crippen LogP) is 3.07. The van der Waals surface area contributed by atoms with Crippen LogP contribution in [0.1, 0.15) is 31.2 Å². The molecule has 0 aromatic heterocycles. The van der Waals surface area contributed by atoms with E-state index in [1.165, 1.54) is 6.07 Å². The van der Waals surface area contributed by atoms with Crippen molar-refractivity contribution < 1.29 is 26.4 Å². The third-order valence-electron chi connectivity index (χ3n) is 4.85. The number of nitrogens with zero attached hydrogens (tertiary/aromatic N) is 1. The largest absolute Gasteiger partial charge is 0.416 e. The highest BCUT2D eigenvalue weighted by Gasteiger charge is 2.33. The van der Waals surface area contributed by atoms with Crippen molar-refractivity contribution in [3.8, 4) is 0 Å². The van der Waals surface area contributed by atoms with Crippen LogP contribution in [0.3, 0.4) is 0 Å². The predicted molar refractivity (Wildman–Crippen MR) is 92.9 cm³/mol.